The number of methoxy groups -OCH3 is 1. The Kier molecular flexibility index (Phi) is 4.72. The lowest BCUT2D eigenvalue weighted by Gasteiger charge is -2.04. The molecule has 0 atom stereocenters. The van der Waals surface area contributed by atoms with Crippen LogP contribution in [0.15, 0.2) is 56.3 Å². The first kappa shape index (κ1) is 17.8. The Morgan fingerprint density at radius 3 is 2.85 bits per heavy atom. The van der Waals surface area contributed by atoms with Gasteiger partial charge in [0.15, 0.2) is 0 Å². The molecule has 0 aliphatic heterocycles. The SMILES string of the molecule is COc1ccc(Cc2nc(-c3cc4cc(Br)ccc4[nH]c3=O)no2)c(Cl)c1. The monoisotopic (exact) mass is 445 g/mol. The Labute approximate surface area is 167 Å². The van der Waals surface area contributed by atoms with Gasteiger partial charge in [-0.2, -0.15) is 4.98 Å². The average Bonchev–Trinajstić information content (AvgIpc) is 3.11. The Morgan fingerprint density at radius 2 is 2.07 bits per heavy atom. The molecule has 0 spiro atoms. The third-order valence-corrected chi connectivity index (χ3v) is 4.96. The van der Waals surface area contributed by atoms with Crippen LogP contribution in [-0.2, 0) is 6.42 Å². The molecule has 0 saturated carbocycles. The number of fused-ring (bicyclic) bond motifs is 1. The Hall–Kier alpha value is -2.64. The molecule has 8 heteroatoms. The van der Waals surface area contributed by atoms with Crippen molar-refractivity contribution in [3.05, 3.63) is 73.8 Å². The minimum Gasteiger partial charge on any atom is -0.497 e. The van der Waals surface area contributed by atoms with Crippen LogP contribution in [0.25, 0.3) is 22.3 Å². The Bertz CT molecular complexity index is 1200. The van der Waals surface area contributed by atoms with Crippen molar-refractivity contribution in [1.29, 1.82) is 0 Å². The molecule has 1 N–H and O–H groups in total. The van der Waals surface area contributed by atoms with Gasteiger partial charge in [0.1, 0.15) is 5.75 Å². The van der Waals surface area contributed by atoms with Gasteiger partial charge in [-0.25, -0.2) is 0 Å². The quantitative estimate of drug-likeness (QED) is 0.496. The molecular weight excluding hydrogens is 434 g/mol. The van der Waals surface area contributed by atoms with Gasteiger partial charge in [0.2, 0.25) is 11.7 Å². The molecule has 0 aliphatic carbocycles. The van der Waals surface area contributed by atoms with Crippen LogP contribution in [0.3, 0.4) is 0 Å². The van der Waals surface area contributed by atoms with Crippen LogP contribution in [0.1, 0.15) is 11.5 Å². The summed E-state index contributed by atoms with van der Waals surface area (Å²) in [5.41, 5.74) is 1.63. The van der Waals surface area contributed by atoms with E-state index in [9.17, 15) is 4.79 Å². The van der Waals surface area contributed by atoms with Crippen LogP contribution in [0, 0.1) is 0 Å². The molecule has 0 amide bonds. The normalized spacial score (nSPS) is 11.1. The third-order valence-electron chi connectivity index (χ3n) is 4.12. The van der Waals surface area contributed by atoms with E-state index < -0.39 is 0 Å². The Balaban J connectivity index is 1.67. The van der Waals surface area contributed by atoms with Crippen LogP contribution in [0.4, 0.5) is 0 Å². The summed E-state index contributed by atoms with van der Waals surface area (Å²) in [6.45, 7) is 0. The summed E-state index contributed by atoms with van der Waals surface area (Å²) in [6, 6.07) is 12.7. The summed E-state index contributed by atoms with van der Waals surface area (Å²) >= 11 is 9.68. The van der Waals surface area contributed by atoms with Gasteiger partial charge in [-0.05, 0) is 42.0 Å². The summed E-state index contributed by atoms with van der Waals surface area (Å²) in [4.78, 5) is 19.6. The summed E-state index contributed by atoms with van der Waals surface area (Å²) in [6.07, 6.45) is 0.354. The van der Waals surface area contributed by atoms with E-state index in [1.807, 2.05) is 30.3 Å². The molecule has 0 unspecified atom stereocenters. The largest absolute Gasteiger partial charge is 0.497 e. The number of pyridine rings is 1. The molecule has 2 aromatic carbocycles. The fourth-order valence-electron chi connectivity index (χ4n) is 2.74. The highest BCUT2D eigenvalue weighted by Crippen LogP contribution is 2.25. The molecule has 4 rings (SSSR count). The standard InChI is InChI=1S/C19H13BrClN3O3/c1-26-13-4-2-10(15(21)9-13)8-17-23-18(24-27-17)14-7-11-6-12(20)3-5-16(11)22-19(14)25/h2-7,9H,8H2,1H3,(H,22,25). The zero-order valence-corrected chi connectivity index (χ0v) is 16.5. The molecule has 0 fully saturated rings. The number of aromatic nitrogens is 3. The summed E-state index contributed by atoms with van der Waals surface area (Å²) in [7, 11) is 1.58. The molecule has 2 aromatic heterocycles. The second-order valence-electron chi connectivity index (χ2n) is 5.89. The predicted molar refractivity (Wildman–Crippen MR) is 106 cm³/mol. The number of nitrogens with one attached hydrogen (secondary N) is 1. The molecule has 2 heterocycles. The molecule has 4 aromatic rings. The number of ether oxygens (including phenoxy) is 1. The van der Waals surface area contributed by atoms with E-state index >= 15 is 0 Å². The zero-order chi connectivity index (χ0) is 19.0. The minimum atomic E-state index is -0.278. The summed E-state index contributed by atoms with van der Waals surface area (Å²) in [5, 5.41) is 5.36. The molecule has 136 valence electrons. The number of halogens is 2. The average molecular weight is 447 g/mol. The fraction of sp³-hybridized carbons (Fsp3) is 0.105. The van der Waals surface area contributed by atoms with E-state index in [0.717, 1.165) is 20.9 Å². The van der Waals surface area contributed by atoms with Crippen LogP contribution < -0.4 is 10.3 Å². The lowest BCUT2D eigenvalue weighted by molar-refractivity contribution is 0.385. The van der Waals surface area contributed by atoms with E-state index in [0.29, 0.717) is 28.6 Å². The van der Waals surface area contributed by atoms with Crippen LogP contribution in [-0.4, -0.2) is 22.2 Å². The molecule has 0 aliphatic rings. The van der Waals surface area contributed by atoms with Crippen molar-refractivity contribution in [3.63, 3.8) is 0 Å². The Morgan fingerprint density at radius 1 is 1.22 bits per heavy atom. The van der Waals surface area contributed by atoms with Crippen LogP contribution in [0.2, 0.25) is 5.02 Å². The van der Waals surface area contributed by atoms with Crippen molar-refractivity contribution in [3.8, 4) is 17.1 Å². The third kappa shape index (κ3) is 3.61. The maximum atomic E-state index is 12.4. The van der Waals surface area contributed by atoms with Crippen molar-refractivity contribution in [2.45, 2.75) is 6.42 Å². The highest BCUT2D eigenvalue weighted by Gasteiger charge is 2.15. The highest BCUT2D eigenvalue weighted by atomic mass is 79.9. The van der Waals surface area contributed by atoms with E-state index in [1.165, 1.54) is 0 Å². The molecule has 27 heavy (non-hydrogen) atoms. The summed E-state index contributed by atoms with van der Waals surface area (Å²) < 4.78 is 11.4. The molecule has 0 bridgehead atoms. The van der Waals surface area contributed by atoms with Crippen LogP contribution in [0.5, 0.6) is 5.75 Å². The number of hydrogen-bond donors (Lipinski definition) is 1. The van der Waals surface area contributed by atoms with Gasteiger partial charge in [-0.1, -0.05) is 38.8 Å². The smallest absolute Gasteiger partial charge is 0.259 e. The van der Waals surface area contributed by atoms with Gasteiger partial charge in [0, 0.05) is 20.4 Å². The van der Waals surface area contributed by atoms with E-state index in [1.54, 1.807) is 19.2 Å². The molecule has 0 saturated heterocycles. The fourth-order valence-corrected chi connectivity index (χ4v) is 3.36. The van der Waals surface area contributed by atoms with Gasteiger partial charge < -0.3 is 14.2 Å². The molecule has 0 radical (unpaired) electrons. The van der Waals surface area contributed by atoms with Crippen molar-refractivity contribution in [1.82, 2.24) is 15.1 Å². The number of hydrogen-bond acceptors (Lipinski definition) is 5. The molecular formula is C19H13BrClN3O3. The highest BCUT2D eigenvalue weighted by molar-refractivity contribution is 9.10. The van der Waals surface area contributed by atoms with Crippen molar-refractivity contribution >= 4 is 38.4 Å². The van der Waals surface area contributed by atoms with E-state index in [4.69, 9.17) is 20.9 Å². The number of rotatable bonds is 4. The second-order valence-corrected chi connectivity index (χ2v) is 7.21. The van der Waals surface area contributed by atoms with Crippen molar-refractivity contribution in [2.24, 2.45) is 0 Å². The van der Waals surface area contributed by atoms with Gasteiger partial charge in [-0.15, -0.1) is 0 Å². The van der Waals surface area contributed by atoms with Crippen molar-refractivity contribution in [2.75, 3.05) is 7.11 Å². The van der Waals surface area contributed by atoms with E-state index in [2.05, 4.69) is 31.1 Å². The predicted octanol–water partition coefficient (Wildman–Crippen LogP) is 4.59. The second kappa shape index (κ2) is 7.17. The number of aromatic amines is 1. The zero-order valence-electron chi connectivity index (χ0n) is 14.1. The minimum absolute atomic E-state index is 0.234. The van der Waals surface area contributed by atoms with Gasteiger partial charge in [0.05, 0.1) is 19.1 Å². The number of nitrogens with zero attached hydrogens (tertiary/aromatic N) is 2. The number of H-pyrrole nitrogens is 1. The number of benzene rings is 2. The topological polar surface area (TPSA) is 81.0 Å². The molecule has 6 nitrogen and oxygen atoms in total. The van der Waals surface area contributed by atoms with E-state index in [-0.39, 0.29) is 11.4 Å². The first-order valence-corrected chi connectivity index (χ1v) is 9.18. The lowest BCUT2D eigenvalue weighted by Crippen LogP contribution is -2.09. The maximum absolute atomic E-state index is 12.4. The first-order valence-electron chi connectivity index (χ1n) is 8.01. The van der Waals surface area contributed by atoms with Gasteiger partial charge >= 0.3 is 0 Å². The van der Waals surface area contributed by atoms with Crippen LogP contribution >= 0.6 is 27.5 Å². The maximum Gasteiger partial charge on any atom is 0.259 e. The van der Waals surface area contributed by atoms with Crippen molar-refractivity contribution < 1.29 is 9.26 Å². The first-order chi connectivity index (χ1) is 13.0. The summed E-state index contributed by atoms with van der Waals surface area (Å²) in [5.74, 6) is 1.27. The van der Waals surface area contributed by atoms with Gasteiger partial charge in [-0.3, -0.25) is 4.79 Å². The van der Waals surface area contributed by atoms with Gasteiger partial charge in [0.25, 0.3) is 5.56 Å². The lowest BCUT2D eigenvalue weighted by atomic mass is 10.1.